The van der Waals surface area contributed by atoms with Crippen molar-refractivity contribution in [2.75, 3.05) is 5.32 Å². The molecule has 0 unspecified atom stereocenters. The number of rotatable bonds is 6. The van der Waals surface area contributed by atoms with Crippen LogP contribution in [0, 0.1) is 0 Å². The van der Waals surface area contributed by atoms with Gasteiger partial charge >= 0.3 is 7.12 Å². The summed E-state index contributed by atoms with van der Waals surface area (Å²) in [5.41, 5.74) is 0.699. The zero-order valence-corrected chi connectivity index (χ0v) is 10.5. The van der Waals surface area contributed by atoms with Gasteiger partial charge in [-0.25, -0.2) is 0 Å². The molecule has 0 heterocycles. The lowest BCUT2D eigenvalue weighted by molar-refractivity contribution is -0.111. The van der Waals surface area contributed by atoms with E-state index in [1.54, 1.807) is 24.3 Å². The number of hydrogen-bond donors (Lipinski definition) is 3. The number of nitrogens with one attached hydrogen (secondary N) is 1. The van der Waals surface area contributed by atoms with Crippen molar-refractivity contribution in [3.8, 4) is 0 Å². The first-order valence-electron chi connectivity index (χ1n) is 6.07. The first kappa shape index (κ1) is 14.5. The molecule has 4 nitrogen and oxygen atoms in total. The molecule has 1 aromatic carbocycles. The van der Waals surface area contributed by atoms with Crippen LogP contribution in [0.2, 0.25) is 0 Å². The van der Waals surface area contributed by atoms with Crippen molar-refractivity contribution in [2.24, 2.45) is 0 Å². The van der Waals surface area contributed by atoms with Gasteiger partial charge in [0.25, 0.3) is 0 Å². The maximum absolute atomic E-state index is 11.6. The minimum absolute atomic E-state index is 0.265. The Kier molecular flexibility index (Phi) is 6.18. The van der Waals surface area contributed by atoms with E-state index in [1.807, 2.05) is 6.08 Å². The van der Waals surface area contributed by atoms with E-state index in [1.165, 1.54) is 6.08 Å². The molecule has 0 aliphatic rings. The Morgan fingerprint density at radius 1 is 1.39 bits per heavy atom. The highest BCUT2D eigenvalue weighted by atomic mass is 16.4. The van der Waals surface area contributed by atoms with Gasteiger partial charge in [0.1, 0.15) is 0 Å². The van der Waals surface area contributed by atoms with E-state index in [0.717, 1.165) is 19.3 Å². The van der Waals surface area contributed by atoms with E-state index in [4.69, 9.17) is 10.0 Å². The van der Waals surface area contributed by atoms with Crippen molar-refractivity contribution < 1.29 is 14.8 Å². The van der Waals surface area contributed by atoms with Gasteiger partial charge in [-0.2, -0.15) is 0 Å². The normalized spacial score (nSPS) is 10.6. The van der Waals surface area contributed by atoms with E-state index >= 15 is 0 Å². The fourth-order valence-corrected chi connectivity index (χ4v) is 1.52. The van der Waals surface area contributed by atoms with E-state index in [-0.39, 0.29) is 11.4 Å². The summed E-state index contributed by atoms with van der Waals surface area (Å²) in [6.07, 6.45) is 6.29. The van der Waals surface area contributed by atoms with Gasteiger partial charge < -0.3 is 15.4 Å². The summed E-state index contributed by atoms with van der Waals surface area (Å²) in [5, 5.41) is 20.9. The maximum Gasteiger partial charge on any atom is 0.490 e. The lowest BCUT2D eigenvalue weighted by atomic mass is 9.79. The molecule has 0 fully saturated rings. The third kappa shape index (κ3) is 4.73. The van der Waals surface area contributed by atoms with Gasteiger partial charge in [0.15, 0.2) is 0 Å². The van der Waals surface area contributed by atoms with Gasteiger partial charge in [0.05, 0.1) is 0 Å². The largest absolute Gasteiger partial charge is 0.490 e. The molecule has 18 heavy (non-hydrogen) atoms. The van der Waals surface area contributed by atoms with Crippen LogP contribution >= 0.6 is 0 Å². The molecule has 0 aliphatic carbocycles. The number of unbranched alkanes of at least 4 members (excludes halogenated alkanes) is 2. The summed E-state index contributed by atoms with van der Waals surface area (Å²) in [5.74, 6) is -0.265. The summed E-state index contributed by atoms with van der Waals surface area (Å²) >= 11 is 0. The monoisotopic (exact) mass is 247 g/mol. The second-order valence-corrected chi connectivity index (χ2v) is 3.99. The van der Waals surface area contributed by atoms with Crippen molar-refractivity contribution >= 4 is 24.2 Å². The maximum atomic E-state index is 11.6. The highest BCUT2D eigenvalue weighted by molar-refractivity contribution is 6.60. The Morgan fingerprint density at radius 3 is 2.78 bits per heavy atom. The summed E-state index contributed by atoms with van der Waals surface area (Å²) in [6, 6.07) is 6.59. The van der Waals surface area contributed by atoms with Crippen LogP contribution in [0.15, 0.2) is 36.4 Å². The third-order valence-electron chi connectivity index (χ3n) is 2.49. The first-order chi connectivity index (χ1) is 8.65. The van der Waals surface area contributed by atoms with Gasteiger partial charge in [-0.15, -0.1) is 0 Å². The predicted octanol–water partition coefficient (Wildman–Crippen LogP) is 1.05. The number of hydrogen-bond acceptors (Lipinski definition) is 3. The Morgan fingerprint density at radius 2 is 2.11 bits per heavy atom. The van der Waals surface area contributed by atoms with E-state index in [2.05, 4.69) is 12.2 Å². The summed E-state index contributed by atoms with van der Waals surface area (Å²) in [7, 11) is -1.59. The molecule has 0 aliphatic heterocycles. The highest BCUT2D eigenvalue weighted by Gasteiger charge is 2.15. The molecule has 5 heteroatoms. The third-order valence-corrected chi connectivity index (χ3v) is 2.49. The van der Waals surface area contributed by atoms with Gasteiger partial charge in [-0.3, -0.25) is 4.79 Å². The number of benzene rings is 1. The Labute approximate surface area is 107 Å². The Bertz CT molecular complexity index is 418. The summed E-state index contributed by atoms with van der Waals surface area (Å²) in [6.45, 7) is 2.09. The molecule has 1 rings (SSSR count). The van der Waals surface area contributed by atoms with Crippen molar-refractivity contribution in [3.63, 3.8) is 0 Å². The highest BCUT2D eigenvalue weighted by Crippen LogP contribution is 2.04. The minimum Gasteiger partial charge on any atom is -0.423 e. The number of amides is 1. The molecule has 0 saturated carbocycles. The summed E-state index contributed by atoms with van der Waals surface area (Å²) in [4.78, 5) is 11.6. The van der Waals surface area contributed by atoms with E-state index < -0.39 is 7.12 Å². The van der Waals surface area contributed by atoms with Crippen LogP contribution in [0.1, 0.15) is 26.2 Å². The quantitative estimate of drug-likeness (QED) is 0.400. The minimum atomic E-state index is -1.59. The topological polar surface area (TPSA) is 69.6 Å². The Hall–Kier alpha value is -1.59. The predicted molar refractivity (Wildman–Crippen MR) is 73.6 cm³/mol. The van der Waals surface area contributed by atoms with Gasteiger partial charge in [0, 0.05) is 11.2 Å². The second kappa shape index (κ2) is 7.69. The second-order valence-electron chi connectivity index (χ2n) is 3.99. The van der Waals surface area contributed by atoms with Gasteiger partial charge in [0.2, 0.25) is 5.91 Å². The van der Waals surface area contributed by atoms with Crippen LogP contribution in [0.4, 0.5) is 5.69 Å². The molecular weight excluding hydrogens is 229 g/mol. The molecule has 96 valence electrons. The smallest absolute Gasteiger partial charge is 0.423 e. The van der Waals surface area contributed by atoms with Crippen LogP contribution in [0.3, 0.4) is 0 Å². The van der Waals surface area contributed by atoms with Crippen LogP contribution in [0.25, 0.3) is 0 Å². The lowest BCUT2D eigenvalue weighted by Crippen LogP contribution is -2.33. The molecule has 1 amide bonds. The van der Waals surface area contributed by atoms with E-state index in [0.29, 0.717) is 5.69 Å². The number of allylic oxidation sites excluding steroid dienone is 1. The van der Waals surface area contributed by atoms with Crippen LogP contribution in [0.5, 0.6) is 0 Å². The number of para-hydroxylation sites is 1. The molecule has 0 radical (unpaired) electrons. The van der Waals surface area contributed by atoms with E-state index in [9.17, 15) is 4.79 Å². The number of carbonyl (C=O) groups excluding carboxylic acids is 1. The SMILES string of the molecule is CCCCC=CC(=O)Nc1ccccc1B(O)O. The standard InChI is InChI=1S/C13H18BNO3/c1-2-3-4-5-10-13(16)15-12-9-7-6-8-11(12)14(17)18/h5-10,17-18H,2-4H2,1H3,(H,15,16). The molecule has 1 aromatic rings. The average Bonchev–Trinajstić information content (AvgIpc) is 2.35. The Balaban J connectivity index is 2.62. The van der Waals surface area contributed by atoms with Crippen molar-refractivity contribution in [2.45, 2.75) is 26.2 Å². The fraction of sp³-hybridized carbons (Fsp3) is 0.308. The molecule has 3 N–H and O–H groups in total. The summed E-state index contributed by atoms with van der Waals surface area (Å²) < 4.78 is 0. The van der Waals surface area contributed by atoms with Crippen molar-refractivity contribution in [1.82, 2.24) is 0 Å². The van der Waals surface area contributed by atoms with Crippen molar-refractivity contribution in [1.29, 1.82) is 0 Å². The van der Waals surface area contributed by atoms with Crippen LogP contribution < -0.4 is 10.8 Å². The molecule has 0 aromatic heterocycles. The van der Waals surface area contributed by atoms with Gasteiger partial charge in [-0.05, 0) is 18.6 Å². The van der Waals surface area contributed by atoms with Gasteiger partial charge in [-0.1, -0.05) is 44.0 Å². The molecule has 0 saturated heterocycles. The molecular formula is C13H18BNO3. The molecule has 0 spiro atoms. The molecule has 0 bridgehead atoms. The average molecular weight is 247 g/mol. The van der Waals surface area contributed by atoms with Crippen molar-refractivity contribution in [3.05, 3.63) is 36.4 Å². The lowest BCUT2D eigenvalue weighted by Gasteiger charge is -2.08. The number of anilines is 1. The fourth-order valence-electron chi connectivity index (χ4n) is 1.52. The molecule has 0 atom stereocenters. The number of carbonyl (C=O) groups is 1. The van der Waals surface area contributed by atoms with Crippen LogP contribution in [-0.4, -0.2) is 23.1 Å². The zero-order valence-electron chi connectivity index (χ0n) is 10.5. The zero-order chi connectivity index (χ0) is 13.4. The van der Waals surface area contributed by atoms with Crippen LogP contribution in [-0.2, 0) is 4.79 Å². The first-order valence-corrected chi connectivity index (χ1v) is 6.07.